The van der Waals surface area contributed by atoms with E-state index in [-0.39, 0.29) is 18.4 Å². The molecule has 1 fully saturated rings. The molecule has 1 unspecified atom stereocenters. The Labute approximate surface area is 284 Å². The molecule has 0 saturated carbocycles. The molecule has 10 heteroatoms. The van der Waals surface area contributed by atoms with E-state index in [1.807, 2.05) is 63.2 Å². The molecule has 2 aliphatic rings. The highest BCUT2D eigenvalue weighted by Gasteiger charge is 2.43. The molecule has 2 N–H and O–H groups in total. The number of rotatable bonds is 13. The van der Waals surface area contributed by atoms with Crippen LogP contribution in [0.2, 0.25) is 0 Å². The van der Waals surface area contributed by atoms with Gasteiger partial charge in [-0.05, 0) is 69.9 Å². The predicted octanol–water partition coefficient (Wildman–Crippen LogP) is 5.49. The van der Waals surface area contributed by atoms with Crippen molar-refractivity contribution in [1.29, 1.82) is 0 Å². The van der Waals surface area contributed by atoms with E-state index in [0.717, 1.165) is 37.4 Å². The smallest absolute Gasteiger partial charge is 0.259 e. The van der Waals surface area contributed by atoms with Crippen LogP contribution in [0.4, 0.5) is 5.69 Å². The lowest BCUT2D eigenvalue weighted by Crippen LogP contribution is -2.47. The minimum atomic E-state index is -1.13. The van der Waals surface area contributed by atoms with Crippen molar-refractivity contribution in [2.45, 2.75) is 64.4 Å². The highest BCUT2D eigenvalue weighted by Crippen LogP contribution is 2.45. The quantitative estimate of drug-likeness (QED) is 0.233. The summed E-state index contributed by atoms with van der Waals surface area (Å²) >= 11 is 0. The van der Waals surface area contributed by atoms with E-state index in [1.54, 1.807) is 19.1 Å². The Morgan fingerprint density at radius 3 is 2.31 bits per heavy atom. The van der Waals surface area contributed by atoms with Crippen molar-refractivity contribution in [2.24, 2.45) is 0 Å². The summed E-state index contributed by atoms with van der Waals surface area (Å²) in [7, 11) is 3.15. The van der Waals surface area contributed by atoms with Crippen molar-refractivity contribution in [3.05, 3.63) is 89.0 Å². The third kappa shape index (κ3) is 7.94. The predicted molar refractivity (Wildman–Crippen MR) is 186 cm³/mol. The Bertz CT molecular complexity index is 1550. The van der Waals surface area contributed by atoms with Gasteiger partial charge in [0.05, 0.1) is 37.1 Å². The minimum absolute atomic E-state index is 0.0244. The number of amides is 2. The molecule has 2 heterocycles. The number of nitrogens with zero attached hydrogens (tertiary/aromatic N) is 3. The molecule has 10 nitrogen and oxygen atoms in total. The van der Waals surface area contributed by atoms with E-state index in [2.05, 4.69) is 46.3 Å². The maximum atomic E-state index is 14.4. The summed E-state index contributed by atoms with van der Waals surface area (Å²) in [6.45, 7) is 11.6. The zero-order valence-corrected chi connectivity index (χ0v) is 29.1. The number of hydrogen-bond acceptors (Lipinski definition) is 8. The van der Waals surface area contributed by atoms with Crippen LogP contribution < -0.4 is 19.7 Å². The van der Waals surface area contributed by atoms with Gasteiger partial charge in [0.2, 0.25) is 5.91 Å². The molecule has 3 atom stereocenters. The fourth-order valence-electron chi connectivity index (χ4n) is 6.65. The first-order valence-corrected chi connectivity index (χ1v) is 16.8. The number of aliphatic hydroxyl groups excluding tert-OH is 1. The van der Waals surface area contributed by atoms with Crippen LogP contribution >= 0.6 is 0 Å². The lowest BCUT2D eigenvalue weighted by molar-refractivity contribution is -0.130. The minimum Gasteiger partial charge on any atom is -0.493 e. The molecule has 0 spiro atoms. The summed E-state index contributed by atoms with van der Waals surface area (Å²) in [5, 5.41) is 14.7. The van der Waals surface area contributed by atoms with Crippen LogP contribution in [0.5, 0.6) is 11.5 Å². The molecule has 0 aliphatic carbocycles. The third-order valence-corrected chi connectivity index (χ3v) is 9.29. The van der Waals surface area contributed by atoms with Gasteiger partial charge in [-0.2, -0.15) is 0 Å². The number of carbonyl (C=O) groups excluding carboxylic acids is 2. The second-order valence-electron chi connectivity index (χ2n) is 13.5. The Balaban J connectivity index is 1.35. The largest absolute Gasteiger partial charge is 0.493 e. The molecule has 0 bridgehead atoms. The molecule has 258 valence electrons. The van der Waals surface area contributed by atoms with Gasteiger partial charge in [0.1, 0.15) is 6.61 Å². The molecule has 2 amide bonds. The summed E-state index contributed by atoms with van der Waals surface area (Å²) in [6.07, 6.45) is -0.0562. The Morgan fingerprint density at radius 2 is 1.65 bits per heavy atom. The summed E-state index contributed by atoms with van der Waals surface area (Å²) in [6, 6.07) is 21.7. The Hall–Kier alpha value is -4.12. The van der Waals surface area contributed by atoms with Gasteiger partial charge in [-0.15, -0.1) is 0 Å². The number of ether oxygens (including phenoxy) is 3. The van der Waals surface area contributed by atoms with Crippen molar-refractivity contribution in [1.82, 2.24) is 15.1 Å². The highest BCUT2D eigenvalue weighted by molar-refractivity contribution is 6.04. The fraction of sp³-hybridized carbons (Fsp3) is 0.474. The summed E-state index contributed by atoms with van der Waals surface area (Å²) < 4.78 is 16.7. The number of carbonyl (C=O) groups is 2. The van der Waals surface area contributed by atoms with E-state index in [0.29, 0.717) is 48.1 Å². The molecule has 0 aromatic heterocycles. The van der Waals surface area contributed by atoms with Crippen LogP contribution in [-0.2, 0) is 9.53 Å². The van der Waals surface area contributed by atoms with Crippen LogP contribution in [0, 0.1) is 0 Å². The molecule has 3 aromatic carbocycles. The number of anilines is 1. The van der Waals surface area contributed by atoms with Gasteiger partial charge in [0.15, 0.2) is 17.7 Å². The van der Waals surface area contributed by atoms with Crippen molar-refractivity contribution in [3.8, 4) is 11.5 Å². The van der Waals surface area contributed by atoms with E-state index in [4.69, 9.17) is 14.2 Å². The van der Waals surface area contributed by atoms with Gasteiger partial charge in [-0.3, -0.25) is 14.5 Å². The van der Waals surface area contributed by atoms with Gasteiger partial charge < -0.3 is 34.4 Å². The zero-order valence-electron chi connectivity index (χ0n) is 29.1. The molecule has 1 saturated heterocycles. The van der Waals surface area contributed by atoms with E-state index in [9.17, 15) is 14.7 Å². The van der Waals surface area contributed by atoms with Crippen LogP contribution in [0.15, 0.2) is 66.7 Å². The van der Waals surface area contributed by atoms with Crippen molar-refractivity contribution in [3.63, 3.8) is 0 Å². The van der Waals surface area contributed by atoms with Crippen molar-refractivity contribution < 1.29 is 28.9 Å². The highest BCUT2D eigenvalue weighted by atomic mass is 16.5. The van der Waals surface area contributed by atoms with Crippen LogP contribution in [0.25, 0.3) is 0 Å². The van der Waals surface area contributed by atoms with Crippen molar-refractivity contribution in [2.75, 3.05) is 58.5 Å². The summed E-state index contributed by atoms with van der Waals surface area (Å²) in [5.41, 5.74) is 3.69. The molecule has 5 rings (SSSR count). The first-order valence-electron chi connectivity index (χ1n) is 16.8. The summed E-state index contributed by atoms with van der Waals surface area (Å²) in [5.74, 6) is 0.705. The Kier molecular flexibility index (Phi) is 11.3. The lowest BCUT2D eigenvalue weighted by atomic mass is 9.99. The normalized spacial score (nSPS) is 18.0. The molecule has 2 aliphatic heterocycles. The number of nitrogens with one attached hydrogen (secondary N) is 1. The van der Waals surface area contributed by atoms with E-state index < -0.39 is 17.9 Å². The number of piperazine rings is 1. The van der Waals surface area contributed by atoms with E-state index >= 15 is 0 Å². The zero-order chi connectivity index (χ0) is 34.4. The van der Waals surface area contributed by atoms with Gasteiger partial charge in [0.25, 0.3) is 5.91 Å². The maximum absolute atomic E-state index is 14.4. The Morgan fingerprint density at radius 1 is 0.938 bits per heavy atom. The number of methoxy groups -OCH3 is 2. The van der Waals surface area contributed by atoms with Gasteiger partial charge in [-0.1, -0.05) is 48.5 Å². The van der Waals surface area contributed by atoms with Gasteiger partial charge in [0, 0.05) is 44.3 Å². The maximum Gasteiger partial charge on any atom is 0.259 e. The molecule has 3 aromatic rings. The van der Waals surface area contributed by atoms with Crippen LogP contribution in [-0.4, -0.2) is 85.9 Å². The first kappa shape index (κ1) is 35.2. The van der Waals surface area contributed by atoms with Crippen LogP contribution in [0.3, 0.4) is 0 Å². The second kappa shape index (κ2) is 15.4. The second-order valence-corrected chi connectivity index (χ2v) is 13.5. The van der Waals surface area contributed by atoms with E-state index in [1.165, 1.54) is 5.56 Å². The molecule has 0 radical (unpaired) electrons. The third-order valence-electron chi connectivity index (χ3n) is 9.29. The van der Waals surface area contributed by atoms with Gasteiger partial charge in [-0.25, -0.2) is 0 Å². The number of benzene rings is 3. The molecular weight excluding hydrogens is 608 g/mol. The number of hydrogen-bond donors (Lipinski definition) is 2. The standard InChI is InChI=1S/C38H50N4O6/c1-26(27-12-8-7-9-13-27)40-20-22-41(23-21-40)31-15-10-14-29-35(31)37(45)42(36(29)44)30(28-17-18-32(46-5)33(24-28)47-6)16-11-19-39-34(43)25-48-38(2,3)4/h7-10,12-15,17-18,24,26,30,36,44H,11,16,19-23,25H2,1-6H3,(H,39,43)/t26-,30-,36?/m1/s1. The topological polar surface area (TPSA) is 104 Å². The molecule has 48 heavy (non-hydrogen) atoms. The van der Waals surface area contributed by atoms with Gasteiger partial charge >= 0.3 is 0 Å². The fourth-order valence-corrected chi connectivity index (χ4v) is 6.65. The summed E-state index contributed by atoms with van der Waals surface area (Å²) in [4.78, 5) is 33.1. The lowest BCUT2D eigenvalue weighted by Gasteiger charge is -2.39. The average Bonchev–Trinajstić information content (AvgIpc) is 3.35. The first-order chi connectivity index (χ1) is 23.0. The SMILES string of the molecule is COc1ccc([C@@H](CCCNC(=O)COC(C)(C)C)N2C(=O)c3c(cccc3N3CCN([C@H](C)c4ccccc4)CC3)C2O)cc1OC. The van der Waals surface area contributed by atoms with Crippen LogP contribution in [0.1, 0.15) is 85.9 Å². The monoisotopic (exact) mass is 658 g/mol. The van der Waals surface area contributed by atoms with Crippen molar-refractivity contribution >= 4 is 17.5 Å². The number of aliphatic hydroxyl groups is 1. The molecular formula is C38H50N4O6. The average molecular weight is 659 g/mol. The number of fused-ring (bicyclic) bond motifs is 1.